The van der Waals surface area contributed by atoms with E-state index in [4.69, 9.17) is 4.74 Å². The molecule has 0 amide bonds. The molecule has 0 aliphatic carbocycles. The van der Waals surface area contributed by atoms with E-state index in [-0.39, 0.29) is 12.0 Å². The summed E-state index contributed by atoms with van der Waals surface area (Å²) in [6, 6.07) is 2.07. The van der Waals surface area contributed by atoms with Gasteiger partial charge in [-0.1, -0.05) is 0 Å². The molecule has 0 saturated carbocycles. The van der Waals surface area contributed by atoms with Gasteiger partial charge in [-0.05, 0) is 46.6 Å². The van der Waals surface area contributed by atoms with Crippen LogP contribution in [0.2, 0.25) is 0 Å². The van der Waals surface area contributed by atoms with Crippen LogP contribution in [0.15, 0.2) is 15.9 Å². The first-order valence-electron chi connectivity index (χ1n) is 5.16. The second-order valence-electron chi connectivity index (χ2n) is 4.14. The molecule has 0 unspecified atom stereocenters. The number of halogens is 1. The molecule has 0 atom stereocenters. The van der Waals surface area contributed by atoms with Gasteiger partial charge in [-0.2, -0.15) is 0 Å². The Morgan fingerprint density at radius 1 is 1.47 bits per heavy atom. The van der Waals surface area contributed by atoms with E-state index in [1.807, 2.05) is 0 Å². The fraction of sp³-hybridized carbons (Fsp3) is 0.636. The van der Waals surface area contributed by atoms with Crippen LogP contribution in [0, 0.1) is 5.41 Å². The van der Waals surface area contributed by atoms with Gasteiger partial charge in [0.05, 0.1) is 0 Å². The van der Waals surface area contributed by atoms with Crippen molar-refractivity contribution in [3.05, 3.63) is 20.8 Å². The molecule has 2 rings (SSSR count). The van der Waals surface area contributed by atoms with Crippen LogP contribution in [0.5, 0.6) is 0 Å². The van der Waals surface area contributed by atoms with Crippen LogP contribution in [0.25, 0.3) is 0 Å². The molecule has 84 valence electrons. The standard InChI is InChI=1S/C11H15BrO2S/c12-9-1-6-15-10(9)7-11(8-13)2-4-14-5-3-11/h1,6,13H,2-5,7-8H2. The molecule has 0 spiro atoms. The molecule has 2 heterocycles. The third kappa shape index (κ3) is 2.61. The molecule has 1 aliphatic heterocycles. The van der Waals surface area contributed by atoms with Crippen molar-refractivity contribution in [2.45, 2.75) is 19.3 Å². The highest BCUT2D eigenvalue weighted by Crippen LogP contribution is 2.37. The van der Waals surface area contributed by atoms with Gasteiger partial charge in [0.2, 0.25) is 0 Å². The van der Waals surface area contributed by atoms with E-state index in [0.717, 1.165) is 32.5 Å². The number of thiophene rings is 1. The van der Waals surface area contributed by atoms with Crippen molar-refractivity contribution >= 4 is 27.3 Å². The number of hydrogen-bond acceptors (Lipinski definition) is 3. The lowest BCUT2D eigenvalue weighted by Crippen LogP contribution is -2.34. The topological polar surface area (TPSA) is 29.5 Å². The quantitative estimate of drug-likeness (QED) is 0.928. The van der Waals surface area contributed by atoms with Gasteiger partial charge in [0.15, 0.2) is 0 Å². The van der Waals surface area contributed by atoms with Crippen LogP contribution in [0.3, 0.4) is 0 Å². The van der Waals surface area contributed by atoms with Crippen molar-refractivity contribution in [2.75, 3.05) is 19.8 Å². The monoisotopic (exact) mass is 290 g/mol. The van der Waals surface area contributed by atoms with Gasteiger partial charge < -0.3 is 9.84 Å². The molecule has 1 N–H and O–H groups in total. The Hall–Kier alpha value is 0.1000. The van der Waals surface area contributed by atoms with E-state index in [9.17, 15) is 5.11 Å². The Kier molecular flexibility index (Phi) is 3.83. The van der Waals surface area contributed by atoms with Crippen molar-refractivity contribution in [1.82, 2.24) is 0 Å². The highest BCUT2D eigenvalue weighted by atomic mass is 79.9. The number of aliphatic hydroxyl groups excluding tert-OH is 1. The molecule has 1 aliphatic rings. The number of ether oxygens (including phenoxy) is 1. The first kappa shape index (κ1) is 11.6. The lowest BCUT2D eigenvalue weighted by molar-refractivity contribution is -0.0154. The highest BCUT2D eigenvalue weighted by Gasteiger charge is 2.32. The molecule has 0 bridgehead atoms. The normalized spacial score (nSPS) is 20.4. The molecule has 1 aromatic rings. The molecular weight excluding hydrogens is 276 g/mol. The number of hydrogen-bond donors (Lipinski definition) is 1. The van der Waals surface area contributed by atoms with Gasteiger partial charge in [0.25, 0.3) is 0 Å². The zero-order valence-electron chi connectivity index (χ0n) is 8.54. The van der Waals surface area contributed by atoms with Crippen molar-refractivity contribution in [3.8, 4) is 0 Å². The zero-order valence-corrected chi connectivity index (χ0v) is 10.9. The van der Waals surface area contributed by atoms with E-state index >= 15 is 0 Å². The van der Waals surface area contributed by atoms with E-state index in [1.54, 1.807) is 11.3 Å². The second kappa shape index (κ2) is 4.95. The summed E-state index contributed by atoms with van der Waals surface area (Å²) < 4.78 is 6.53. The summed E-state index contributed by atoms with van der Waals surface area (Å²) in [5.74, 6) is 0. The highest BCUT2D eigenvalue weighted by molar-refractivity contribution is 9.10. The minimum absolute atomic E-state index is 0.0472. The molecule has 0 aromatic carbocycles. The Morgan fingerprint density at radius 3 is 2.73 bits per heavy atom. The van der Waals surface area contributed by atoms with E-state index in [0.29, 0.717) is 0 Å². The fourth-order valence-corrected chi connectivity index (χ4v) is 3.65. The van der Waals surface area contributed by atoms with Gasteiger partial charge in [0, 0.05) is 34.6 Å². The van der Waals surface area contributed by atoms with Gasteiger partial charge in [-0.25, -0.2) is 0 Å². The largest absolute Gasteiger partial charge is 0.396 e. The first-order valence-corrected chi connectivity index (χ1v) is 6.83. The van der Waals surface area contributed by atoms with Crippen LogP contribution in [0.1, 0.15) is 17.7 Å². The van der Waals surface area contributed by atoms with Crippen LogP contribution in [-0.4, -0.2) is 24.9 Å². The predicted molar refractivity (Wildman–Crippen MR) is 65.3 cm³/mol. The number of rotatable bonds is 3. The van der Waals surface area contributed by atoms with Crippen LogP contribution in [0.4, 0.5) is 0 Å². The van der Waals surface area contributed by atoms with Gasteiger partial charge >= 0.3 is 0 Å². The molecule has 15 heavy (non-hydrogen) atoms. The average molecular weight is 291 g/mol. The Bertz CT molecular complexity index is 318. The fourth-order valence-electron chi connectivity index (χ4n) is 1.99. The van der Waals surface area contributed by atoms with Crippen LogP contribution in [-0.2, 0) is 11.2 Å². The summed E-state index contributed by atoms with van der Waals surface area (Å²) >= 11 is 5.30. The summed E-state index contributed by atoms with van der Waals surface area (Å²) in [5, 5.41) is 11.7. The van der Waals surface area contributed by atoms with Gasteiger partial charge in [-0.3, -0.25) is 0 Å². The smallest absolute Gasteiger partial charge is 0.0492 e. The third-order valence-corrected chi connectivity index (χ3v) is 5.04. The Balaban J connectivity index is 2.10. The summed E-state index contributed by atoms with van der Waals surface area (Å²) in [6.45, 7) is 1.83. The Labute approximate surface area is 102 Å². The summed E-state index contributed by atoms with van der Waals surface area (Å²) in [7, 11) is 0. The van der Waals surface area contributed by atoms with E-state index < -0.39 is 0 Å². The predicted octanol–water partition coefficient (Wildman–Crippen LogP) is 2.84. The van der Waals surface area contributed by atoms with Crippen LogP contribution < -0.4 is 0 Å². The summed E-state index contributed by atoms with van der Waals surface area (Å²) in [5.41, 5.74) is 0.0472. The van der Waals surface area contributed by atoms with Gasteiger partial charge in [0.1, 0.15) is 0 Å². The van der Waals surface area contributed by atoms with Crippen LogP contribution >= 0.6 is 27.3 Å². The average Bonchev–Trinajstić information content (AvgIpc) is 2.66. The first-order chi connectivity index (χ1) is 7.26. The number of aliphatic hydroxyl groups is 1. The molecule has 0 radical (unpaired) electrons. The maximum Gasteiger partial charge on any atom is 0.0492 e. The molecule has 1 fully saturated rings. The minimum atomic E-state index is 0.0472. The molecule has 2 nitrogen and oxygen atoms in total. The van der Waals surface area contributed by atoms with Crippen molar-refractivity contribution in [1.29, 1.82) is 0 Å². The maximum atomic E-state index is 9.57. The van der Waals surface area contributed by atoms with Gasteiger partial charge in [-0.15, -0.1) is 11.3 Å². The third-order valence-electron chi connectivity index (χ3n) is 3.12. The lowest BCUT2D eigenvalue weighted by atomic mass is 9.78. The summed E-state index contributed by atoms with van der Waals surface area (Å²) in [4.78, 5) is 1.34. The summed E-state index contributed by atoms with van der Waals surface area (Å²) in [6.07, 6.45) is 2.90. The molecular formula is C11H15BrO2S. The minimum Gasteiger partial charge on any atom is -0.396 e. The van der Waals surface area contributed by atoms with E-state index in [1.165, 1.54) is 9.35 Å². The second-order valence-corrected chi connectivity index (χ2v) is 5.99. The zero-order chi connectivity index (χ0) is 10.7. The lowest BCUT2D eigenvalue weighted by Gasteiger charge is -2.35. The molecule has 1 saturated heterocycles. The van der Waals surface area contributed by atoms with Crippen molar-refractivity contribution in [2.24, 2.45) is 5.41 Å². The maximum absolute atomic E-state index is 9.57. The molecule has 1 aromatic heterocycles. The SMILES string of the molecule is OCC1(Cc2sccc2Br)CCOCC1. The van der Waals surface area contributed by atoms with E-state index in [2.05, 4.69) is 27.4 Å². The molecule has 4 heteroatoms. The van der Waals surface area contributed by atoms with Crippen molar-refractivity contribution < 1.29 is 9.84 Å². The Morgan fingerprint density at radius 2 is 2.20 bits per heavy atom. The van der Waals surface area contributed by atoms with Crippen molar-refractivity contribution in [3.63, 3.8) is 0 Å².